The van der Waals surface area contributed by atoms with Crippen LogP contribution in [0.3, 0.4) is 0 Å². The summed E-state index contributed by atoms with van der Waals surface area (Å²) in [6.45, 7) is 7.14. The van der Waals surface area contributed by atoms with E-state index in [-0.39, 0.29) is 25.2 Å². The lowest BCUT2D eigenvalue weighted by atomic mass is 10.0. The number of alkyl halides is 2. The highest BCUT2D eigenvalue weighted by atomic mass is 19.2. The minimum absolute atomic E-state index is 0.00809. The van der Waals surface area contributed by atoms with Crippen LogP contribution in [0.5, 0.6) is 0 Å². The molecule has 0 N–H and O–H groups in total. The van der Waals surface area contributed by atoms with Crippen LogP contribution in [0.2, 0.25) is 0 Å². The van der Waals surface area contributed by atoms with Crippen molar-refractivity contribution in [3.05, 3.63) is 0 Å². The Labute approximate surface area is 102 Å². The van der Waals surface area contributed by atoms with E-state index in [4.69, 9.17) is 0 Å². The Hall–Kier alpha value is -0.710. The van der Waals surface area contributed by atoms with Crippen molar-refractivity contribution >= 4 is 5.91 Å². The largest absolute Gasteiger partial charge is 0.340 e. The third-order valence-corrected chi connectivity index (χ3v) is 3.51. The summed E-state index contributed by atoms with van der Waals surface area (Å²) in [7, 11) is 1.51. The van der Waals surface area contributed by atoms with Gasteiger partial charge in [0.25, 0.3) is 5.91 Å². The third kappa shape index (κ3) is 2.59. The predicted molar refractivity (Wildman–Crippen MR) is 63.4 cm³/mol. The van der Waals surface area contributed by atoms with Gasteiger partial charge in [0.15, 0.2) is 6.17 Å². The van der Waals surface area contributed by atoms with Crippen LogP contribution in [0.4, 0.5) is 8.78 Å². The maximum atomic E-state index is 14.5. The molecule has 1 aliphatic rings. The lowest BCUT2D eigenvalue weighted by Crippen LogP contribution is -2.52. The molecule has 0 spiro atoms. The summed E-state index contributed by atoms with van der Waals surface area (Å²) in [4.78, 5) is 14.9. The van der Waals surface area contributed by atoms with Gasteiger partial charge >= 0.3 is 0 Å². The van der Waals surface area contributed by atoms with Crippen LogP contribution in [-0.4, -0.2) is 59.8 Å². The van der Waals surface area contributed by atoms with Crippen LogP contribution >= 0.6 is 0 Å². The highest BCUT2D eigenvalue weighted by Gasteiger charge is 2.55. The number of nitrogens with zero attached hydrogens (tertiary/aromatic N) is 2. The average molecular weight is 248 g/mol. The summed E-state index contributed by atoms with van der Waals surface area (Å²) in [5.74, 6) is -0.747. The van der Waals surface area contributed by atoms with Gasteiger partial charge in [-0.2, -0.15) is 0 Å². The molecule has 0 aliphatic carbocycles. The highest BCUT2D eigenvalue weighted by molar-refractivity contribution is 5.86. The van der Waals surface area contributed by atoms with E-state index in [1.807, 2.05) is 13.8 Å². The highest BCUT2D eigenvalue weighted by Crippen LogP contribution is 2.32. The van der Waals surface area contributed by atoms with Crippen LogP contribution in [-0.2, 0) is 4.79 Å². The van der Waals surface area contributed by atoms with Crippen molar-refractivity contribution in [1.82, 2.24) is 9.80 Å². The van der Waals surface area contributed by atoms with E-state index in [0.717, 1.165) is 0 Å². The zero-order chi connectivity index (χ0) is 13.4. The number of carbonyl (C=O) groups is 1. The predicted octanol–water partition coefficient (Wildman–Crippen LogP) is 1.62. The molecule has 1 rings (SSSR count). The normalized spacial score (nSPS) is 30.3. The van der Waals surface area contributed by atoms with Gasteiger partial charge in [0, 0.05) is 32.2 Å². The van der Waals surface area contributed by atoms with E-state index < -0.39 is 17.7 Å². The van der Waals surface area contributed by atoms with Crippen LogP contribution < -0.4 is 0 Å². The molecule has 0 aromatic heterocycles. The lowest BCUT2D eigenvalue weighted by Gasteiger charge is -2.30. The van der Waals surface area contributed by atoms with Gasteiger partial charge in [0.05, 0.1) is 0 Å². The molecule has 17 heavy (non-hydrogen) atoms. The molecule has 0 aromatic carbocycles. The second kappa shape index (κ2) is 4.88. The minimum Gasteiger partial charge on any atom is -0.340 e. The first-order chi connectivity index (χ1) is 7.70. The zero-order valence-electron chi connectivity index (χ0n) is 11.2. The van der Waals surface area contributed by atoms with Gasteiger partial charge in [-0.1, -0.05) is 0 Å². The molecule has 1 aliphatic heterocycles. The number of amides is 1. The summed E-state index contributed by atoms with van der Waals surface area (Å²) < 4.78 is 28.3. The Morgan fingerprint density at radius 3 is 2.29 bits per heavy atom. The minimum atomic E-state index is -2.39. The Bertz CT molecular complexity index is 296. The average Bonchev–Trinajstić information content (AvgIpc) is 2.54. The van der Waals surface area contributed by atoms with Gasteiger partial charge in [0.1, 0.15) is 0 Å². The standard InChI is InChI=1S/C12H22F2N2O/c1-8(2)15(5)11(17)12(14)7-16(9(3)4)6-10(12)13/h8-10H,6-7H2,1-5H3. The number of rotatable bonds is 3. The maximum Gasteiger partial charge on any atom is 0.264 e. The third-order valence-electron chi connectivity index (χ3n) is 3.51. The van der Waals surface area contributed by atoms with Crippen LogP contribution in [0.25, 0.3) is 0 Å². The second-order valence-electron chi connectivity index (χ2n) is 5.36. The second-order valence-corrected chi connectivity index (χ2v) is 5.36. The fraction of sp³-hybridized carbons (Fsp3) is 0.917. The van der Waals surface area contributed by atoms with E-state index in [1.165, 1.54) is 11.9 Å². The molecular formula is C12H22F2N2O. The van der Waals surface area contributed by atoms with Crippen LogP contribution in [0.15, 0.2) is 0 Å². The van der Waals surface area contributed by atoms with Crippen molar-refractivity contribution < 1.29 is 13.6 Å². The van der Waals surface area contributed by atoms with Crippen molar-refractivity contribution in [2.75, 3.05) is 20.1 Å². The lowest BCUT2D eigenvalue weighted by molar-refractivity contribution is -0.146. The van der Waals surface area contributed by atoms with Gasteiger partial charge in [-0.15, -0.1) is 0 Å². The van der Waals surface area contributed by atoms with Gasteiger partial charge in [-0.3, -0.25) is 9.69 Å². The van der Waals surface area contributed by atoms with E-state index >= 15 is 0 Å². The van der Waals surface area contributed by atoms with Gasteiger partial charge < -0.3 is 4.90 Å². The van der Waals surface area contributed by atoms with E-state index in [0.29, 0.717) is 0 Å². The quantitative estimate of drug-likeness (QED) is 0.758. The van der Waals surface area contributed by atoms with Crippen molar-refractivity contribution in [1.29, 1.82) is 0 Å². The van der Waals surface area contributed by atoms with Gasteiger partial charge in [-0.05, 0) is 27.7 Å². The first-order valence-corrected chi connectivity index (χ1v) is 6.04. The molecule has 2 atom stereocenters. The molecule has 100 valence electrons. The molecule has 0 aromatic rings. The maximum absolute atomic E-state index is 14.5. The van der Waals surface area contributed by atoms with E-state index in [2.05, 4.69) is 0 Å². The van der Waals surface area contributed by atoms with Crippen LogP contribution in [0, 0.1) is 0 Å². The summed E-state index contributed by atoms with van der Waals surface area (Å²) >= 11 is 0. The number of halogens is 2. The number of carbonyl (C=O) groups excluding carboxylic acids is 1. The Kier molecular flexibility index (Phi) is 4.12. The van der Waals surface area contributed by atoms with Crippen molar-refractivity contribution in [2.24, 2.45) is 0 Å². The number of hydrogen-bond donors (Lipinski definition) is 0. The summed E-state index contributed by atoms with van der Waals surface area (Å²) in [5, 5.41) is 0. The smallest absolute Gasteiger partial charge is 0.264 e. The van der Waals surface area contributed by atoms with Crippen molar-refractivity contribution in [3.63, 3.8) is 0 Å². The molecule has 1 amide bonds. The van der Waals surface area contributed by atoms with Crippen molar-refractivity contribution in [3.8, 4) is 0 Å². The SMILES string of the molecule is CC(C)N1CC(F)C(F)(C(=O)N(C)C(C)C)C1. The molecule has 0 saturated carbocycles. The molecule has 1 heterocycles. The zero-order valence-corrected chi connectivity index (χ0v) is 11.2. The fourth-order valence-corrected chi connectivity index (χ4v) is 1.93. The fourth-order valence-electron chi connectivity index (χ4n) is 1.93. The molecule has 1 saturated heterocycles. The summed E-state index contributed by atoms with van der Waals surface area (Å²) in [5.41, 5.74) is -2.39. The first-order valence-electron chi connectivity index (χ1n) is 6.04. The molecule has 0 bridgehead atoms. The van der Waals surface area contributed by atoms with Gasteiger partial charge in [-0.25, -0.2) is 8.78 Å². The molecule has 2 unspecified atom stereocenters. The Balaban J connectivity index is 2.85. The van der Waals surface area contributed by atoms with E-state index in [1.54, 1.807) is 18.7 Å². The molecule has 1 fully saturated rings. The number of likely N-dealkylation sites (tertiary alicyclic amines) is 1. The monoisotopic (exact) mass is 248 g/mol. The molecule has 5 heteroatoms. The summed E-state index contributed by atoms with van der Waals surface area (Å²) in [6, 6.07) is -0.0848. The molecular weight excluding hydrogens is 226 g/mol. The van der Waals surface area contributed by atoms with E-state index in [9.17, 15) is 13.6 Å². The van der Waals surface area contributed by atoms with Crippen molar-refractivity contribution in [2.45, 2.75) is 51.6 Å². The van der Waals surface area contributed by atoms with Crippen LogP contribution in [0.1, 0.15) is 27.7 Å². The Morgan fingerprint density at radius 2 is 1.94 bits per heavy atom. The van der Waals surface area contributed by atoms with Gasteiger partial charge in [0.2, 0.25) is 5.67 Å². The topological polar surface area (TPSA) is 23.6 Å². The summed E-state index contributed by atoms with van der Waals surface area (Å²) in [6.07, 6.45) is -1.74. The Morgan fingerprint density at radius 1 is 1.41 bits per heavy atom. The molecule has 3 nitrogen and oxygen atoms in total. The number of hydrogen-bond acceptors (Lipinski definition) is 2. The first kappa shape index (κ1) is 14.4. The molecule has 0 radical (unpaired) electrons.